The first kappa shape index (κ1) is 23.3. The Balaban J connectivity index is 3.34. The second-order valence-electron chi connectivity index (χ2n) is 7.89. The van der Waals surface area contributed by atoms with Gasteiger partial charge in [-0.2, -0.15) is 0 Å². The Bertz CT molecular complexity index is 726. The highest BCUT2D eigenvalue weighted by molar-refractivity contribution is 7.91. The van der Waals surface area contributed by atoms with E-state index in [9.17, 15) is 22.5 Å². The molecule has 1 aromatic carbocycles. The Labute approximate surface area is 160 Å². The predicted octanol–water partition coefficient (Wildman–Crippen LogP) is 5.38. The molecule has 0 aliphatic rings. The molecule has 152 valence electrons. The highest BCUT2D eigenvalue weighted by atomic mass is 32.2. The SMILES string of the molecule is CC(=N[S+]([O-])C(C)(C)C)c1cc(NC(=O)OC(C)(C)C)cc(C(F)F)c1F. The number of halogens is 3. The molecule has 0 aliphatic carbocycles. The van der Waals surface area contributed by atoms with Gasteiger partial charge in [-0.3, -0.25) is 5.32 Å². The van der Waals surface area contributed by atoms with Gasteiger partial charge in [0.1, 0.15) is 27.5 Å². The van der Waals surface area contributed by atoms with E-state index >= 15 is 0 Å². The van der Waals surface area contributed by atoms with E-state index in [0.29, 0.717) is 0 Å². The molecule has 0 bridgehead atoms. The Kier molecular flexibility index (Phi) is 7.35. The van der Waals surface area contributed by atoms with E-state index in [0.717, 1.165) is 12.1 Å². The molecule has 0 radical (unpaired) electrons. The van der Waals surface area contributed by atoms with E-state index in [1.165, 1.54) is 6.92 Å². The molecule has 0 aliphatic heterocycles. The third-order valence-electron chi connectivity index (χ3n) is 3.11. The predicted molar refractivity (Wildman–Crippen MR) is 101 cm³/mol. The number of hydrogen-bond acceptors (Lipinski definition) is 4. The van der Waals surface area contributed by atoms with Gasteiger partial charge in [0.25, 0.3) is 6.43 Å². The molecule has 0 saturated heterocycles. The van der Waals surface area contributed by atoms with Crippen molar-refractivity contribution < 1.29 is 27.3 Å². The molecular weight excluding hydrogens is 381 g/mol. The lowest BCUT2D eigenvalue weighted by molar-refractivity contribution is 0.0635. The molecule has 1 rings (SSSR count). The summed E-state index contributed by atoms with van der Waals surface area (Å²) in [6.45, 7) is 11.3. The normalized spacial score (nSPS) is 14.3. The number of nitrogens with zero attached hydrogens (tertiary/aromatic N) is 1. The zero-order valence-electron chi connectivity index (χ0n) is 16.4. The van der Waals surface area contributed by atoms with Crippen LogP contribution in [0.2, 0.25) is 0 Å². The summed E-state index contributed by atoms with van der Waals surface area (Å²) in [5, 5.41) is 2.31. The van der Waals surface area contributed by atoms with E-state index in [2.05, 4.69) is 9.71 Å². The number of carbonyl (C=O) groups excluding carboxylic acids is 1. The summed E-state index contributed by atoms with van der Waals surface area (Å²) in [7, 11) is 0. The zero-order valence-corrected chi connectivity index (χ0v) is 17.3. The summed E-state index contributed by atoms with van der Waals surface area (Å²) in [4.78, 5) is 11.9. The molecule has 27 heavy (non-hydrogen) atoms. The standard InChI is InChI=1S/C18H25F3N2O3S/c1-10(23-27(25)18(5,6)7)12-8-11(9-13(14(12)19)15(20)21)22-16(24)26-17(2,3)4/h8-9,15H,1-7H3,(H,22,24). The molecule has 0 spiro atoms. The fraction of sp³-hybridized carbons (Fsp3) is 0.556. The highest BCUT2D eigenvalue weighted by Gasteiger charge is 2.28. The van der Waals surface area contributed by atoms with Crippen LogP contribution in [0.25, 0.3) is 0 Å². The number of alkyl halides is 2. The first-order valence-electron chi connectivity index (χ1n) is 8.21. The molecule has 0 fully saturated rings. The summed E-state index contributed by atoms with van der Waals surface area (Å²) in [5.74, 6) is -1.17. The van der Waals surface area contributed by atoms with Gasteiger partial charge in [-0.25, -0.2) is 18.0 Å². The highest BCUT2D eigenvalue weighted by Crippen LogP contribution is 2.29. The van der Waals surface area contributed by atoms with Gasteiger partial charge in [-0.15, -0.1) is 0 Å². The van der Waals surface area contributed by atoms with Gasteiger partial charge in [0.15, 0.2) is 0 Å². The van der Waals surface area contributed by atoms with Crippen molar-refractivity contribution in [2.45, 2.75) is 65.2 Å². The fourth-order valence-electron chi connectivity index (χ4n) is 1.87. The first-order valence-corrected chi connectivity index (χ1v) is 9.31. The van der Waals surface area contributed by atoms with Crippen molar-refractivity contribution in [3.05, 3.63) is 29.1 Å². The van der Waals surface area contributed by atoms with Crippen molar-refractivity contribution in [2.75, 3.05) is 5.32 Å². The average Bonchev–Trinajstić information content (AvgIpc) is 2.45. The topological polar surface area (TPSA) is 73.8 Å². The molecule has 1 aromatic rings. The van der Waals surface area contributed by atoms with Gasteiger partial charge in [0.05, 0.1) is 11.3 Å². The van der Waals surface area contributed by atoms with Crippen LogP contribution in [0.1, 0.15) is 66.0 Å². The third kappa shape index (κ3) is 7.06. The molecular formula is C18H25F3N2O3S. The van der Waals surface area contributed by atoms with Crippen LogP contribution < -0.4 is 5.32 Å². The minimum atomic E-state index is -3.11. The van der Waals surface area contributed by atoms with Crippen LogP contribution in [0.4, 0.5) is 23.7 Å². The van der Waals surface area contributed by atoms with Crippen LogP contribution in [-0.4, -0.2) is 26.7 Å². The van der Waals surface area contributed by atoms with E-state index in [4.69, 9.17) is 4.74 Å². The number of benzene rings is 1. The number of anilines is 1. The van der Waals surface area contributed by atoms with Crippen LogP contribution in [-0.2, 0) is 16.1 Å². The molecule has 1 N–H and O–H groups in total. The van der Waals surface area contributed by atoms with Gasteiger partial charge in [-0.05, 0) is 60.6 Å². The lowest BCUT2D eigenvalue weighted by Gasteiger charge is -2.21. The quantitative estimate of drug-likeness (QED) is 0.539. The van der Waals surface area contributed by atoms with E-state index < -0.39 is 45.6 Å². The summed E-state index contributed by atoms with van der Waals surface area (Å²) >= 11 is -1.70. The number of ether oxygens (including phenoxy) is 1. The van der Waals surface area contributed by atoms with Gasteiger partial charge < -0.3 is 9.29 Å². The molecule has 0 saturated carbocycles. The Hall–Kier alpha value is -1.74. The van der Waals surface area contributed by atoms with Crippen LogP contribution in [0.3, 0.4) is 0 Å². The maximum absolute atomic E-state index is 14.5. The van der Waals surface area contributed by atoms with Crippen molar-refractivity contribution in [1.29, 1.82) is 0 Å². The lowest BCUT2D eigenvalue weighted by atomic mass is 10.0. The van der Waals surface area contributed by atoms with Crippen LogP contribution in [0.15, 0.2) is 16.5 Å². The Morgan fingerprint density at radius 1 is 1.22 bits per heavy atom. The van der Waals surface area contributed by atoms with E-state index in [-0.39, 0.29) is 17.0 Å². The molecule has 0 aromatic heterocycles. The van der Waals surface area contributed by atoms with Gasteiger partial charge >= 0.3 is 6.09 Å². The summed E-state index contributed by atoms with van der Waals surface area (Å²) in [6.07, 6.45) is -3.97. The maximum atomic E-state index is 14.5. The van der Waals surface area contributed by atoms with E-state index in [1.807, 2.05) is 0 Å². The van der Waals surface area contributed by atoms with E-state index in [1.54, 1.807) is 41.5 Å². The van der Waals surface area contributed by atoms with Crippen molar-refractivity contribution in [3.63, 3.8) is 0 Å². The zero-order chi connectivity index (χ0) is 21.2. The van der Waals surface area contributed by atoms with Crippen LogP contribution in [0, 0.1) is 5.82 Å². The second kappa shape index (κ2) is 8.52. The van der Waals surface area contributed by atoms with Gasteiger partial charge in [0.2, 0.25) is 0 Å². The minimum Gasteiger partial charge on any atom is -0.591 e. The monoisotopic (exact) mass is 406 g/mol. The summed E-state index contributed by atoms with van der Waals surface area (Å²) in [6, 6.07) is 1.99. The Morgan fingerprint density at radius 2 is 1.78 bits per heavy atom. The van der Waals surface area contributed by atoms with Crippen molar-refractivity contribution in [1.82, 2.24) is 0 Å². The van der Waals surface area contributed by atoms with Gasteiger partial charge in [-0.1, -0.05) is 4.40 Å². The molecule has 1 atom stereocenters. The molecule has 5 nitrogen and oxygen atoms in total. The third-order valence-corrected chi connectivity index (χ3v) is 4.60. The summed E-state index contributed by atoms with van der Waals surface area (Å²) in [5.41, 5.74) is -2.05. The molecule has 0 heterocycles. The number of hydrogen-bond donors (Lipinski definition) is 1. The van der Waals surface area contributed by atoms with Crippen molar-refractivity contribution in [2.24, 2.45) is 4.40 Å². The number of amides is 1. The van der Waals surface area contributed by atoms with Crippen molar-refractivity contribution >= 4 is 28.9 Å². The molecule has 1 amide bonds. The first-order chi connectivity index (χ1) is 12.1. The molecule has 9 heteroatoms. The average molecular weight is 406 g/mol. The largest absolute Gasteiger partial charge is 0.591 e. The van der Waals surface area contributed by atoms with Crippen LogP contribution >= 0.6 is 0 Å². The maximum Gasteiger partial charge on any atom is 0.412 e. The number of nitrogens with one attached hydrogen (secondary N) is 1. The van der Waals surface area contributed by atoms with Crippen molar-refractivity contribution in [3.8, 4) is 0 Å². The minimum absolute atomic E-state index is 0.0181. The van der Waals surface area contributed by atoms with Gasteiger partial charge in [0, 0.05) is 11.3 Å². The molecule has 1 unspecified atom stereocenters. The number of rotatable bonds is 4. The fourth-order valence-corrected chi connectivity index (χ4v) is 2.49. The van der Waals surface area contributed by atoms with Crippen LogP contribution in [0.5, 0.6) is 0 Å². The number of carbonyl (C=O) groups is 1. The Morgan fingerprint density at radius 3 is 2.22 bits per heavy atom. The smallest absolute Gasteiger partial charge is 0.412 e. The summed E-state index contributed by atoms with van der Waals surface area (Å²) < 4.78 is 61.4. The lowest BCUT2D eigenvalue weighted by Crippen LogP contribution is -2.27. The second-order valence-corrected chi connectivity index (χ2v) is 9.80.